The minimum absolute atomic E-state index is 0.0582. The molecule has 1 amide bonds. The third-order valence-corrected chi connectivity index (χ3v) is 3.98. The van der Waals surface area contributed by atoms with Crippen LogP contribution in [0, 0.1) is 11.3 Å². The van der Waals surface area contributed by atoms with Gasteiger partial charge in [0.05, 0.1) is 11.7 Å². The third kappa shape index (κ3) is 4.03. The summed E-state index contributed by atoms with van der Waals surface area (Å²) in [6, 6.07) is 11.3. The van der Waals surface area contributed by atoms with E-state index < -0.39 is 6.10 Å². The highest BCUT2D eigenvalue weighted by Crippen LogP contribution is 2.23. The number of nitrogens with zero attached hydrogens (tertiary/aromatic N) is 2. The molecule has 5 heteroatoms. The maximum absolute atomic E-state index is 12.2. The molecule has 1 atom stereocenters. The second kappa shape index (κ2) is 6.90. The zero-order chi connectivity index (χ0) is 17.9. The van der Waals surface area contributed by atoms with Crippen LogP contribution >= 0.6 is 0 Å². The number of aliphatic hydroxyl groups excluding tert-OH is 1. The van der Waals surface area contributed by atoms with Crippen LogP contribution in [0.15, 0.2) is 36.5 Å². The fraction of sp³-hybridized carbons (Fsp3) is 0.368. The van der Waals surface area contributed by atoms with Gasteiger partial charge in [-0.15, -0.1) is 0 Å². The molecule has 0 aliphatic rings. The van der Waals surface area contributed by atoms with Crippen LogP contribution in [0.5, 0.6) is 0 Å². The summed E-state index contributed by atoms with van der Waals surface area (Å²) in [4.78, 5) is 12.2. The summed E-state index contributed by atoms with van der Waals surface area (Å²) < 4.78 is 1.60. The minimum atomic E-state index is -0.779. The van der Waals surface area contributed by atoms with Crippen LogP contribution in [-0.4, -0.2) is 22.1 Å². The zero-order valence-corrected chi connectivity index (χ0v) is 14.5. The van der Waals surface area contributed by atoms with E-state index in [0.717, 1.165) is 5.56 Å². The van der Waals surface area contributed by atoms with Gasteiger partial charge in [-0.3, -0.25) is 4.79 Å². The number of aryl methyl sites for hydroxylation is 1. The van der Waals surface area contributed by atoms with Crippen molar-refractivity contribution in [2.75, 3.05) is 6.54 Å². The highest BCUT2D eigenvalue weighted by molar-refractivity contribution is 5.93. The first-order chi connectivity index (χ1) is 11.2. The van der Waals surface area contributed by atoms with E-state index in [2.05, 4.69) is 26.1 Å². The van der Waals surface area contributed by atoms with Crippen molar-refractivity contribution < 1.29 is 9.90 Å². The zero-order valence-electron chi connectivity index (χ0n) is 14.5. The van der Waals surface area contributed by atoms with Gasteiger partial charge in [-0.2, -0.15) is 5.26 Å². The Labute approximate surface area is 142 Å². The van der Waals surface area contributed by atoms with E-state index in [1.807, 2.05) is 30.3 Å². The fourth-order valence-corrected chi connectivity index (χ4v) is 2.45. The SMILES string of the molecule is Cn1cc(C#N)cc1C(=O)NCC(O)c1ccc(C(C)(C)C)cc1. The Morgan fingerprint density at radius 1 is 1.33 bits per heavy atom. The van der Waals surface area contributed by atoms with Crippen molar-refractivity contribution in [3.63, 3.8) is 0 Å². The Hall–Kier alpha value is -2.58. The van der Waals surface area contributed by atoms with Crippen molar-refractivity contribution >= 4 is 5.91 Å². The molecule has 0 bridgehead atoms. The number of carbonyl (C=O) groups excluding carboxylic acids is 1. The molecule has 0 radical (unpaired) electrons. The standard InChI is InChI=1S/C19H23N3O2/c1-19(2,3)15-7-5-14(6-8-15)17(23)11-21-18(24)16-9-13(10-20)12-22(16)4/h5-9,12,17,23H,11H2,1-4H3,(H,21,24). The maximum Gasteiger partial charge on any atom is 0.268 e. The van der Waals surface area contributed by atoms with Crippen molar-refractivity contribution in [1.29, 1.82) is 5.26 Å². The lowest BCUT2D eigenvalue weighted by Gasteiger charge is -2.20. The molecule has 1 heterocycles. The van der Waals surface area contributed by atoms with E-state index in [9.17, 15) is 9.90 Å². The van der Waals surface area contributed by atoms with Crippen LogP contribution in [0.25, 0.3) is 0 Å². The van der Waals surface area contributed by atoms with Gasteiger partial charge in [0.25, 0.3) is 5.91 Å². The first kappa shape index (κ1) is 17.8. The Balaban J connectivity index is 2.00. The largest absolute Gasteiger partial charge is 0.387 e. The molecule has 0 saturated heterocycles. The van der Waals surface area contributed by atoms with Crippen molar-refractivity contribution in [3.8, 4) is 6.07 Å². The van der Waals surface area contributed by atoms with E-state index >= 15 is 0 Å². The van der Waals surface area contributed by atoms with Crippen molar-refractivity contribution in [3.05, 3.63) is 58.9 Å². The maximum atomic E-state index is 12.2. The number of aromatic nitrogens is 1. The second-order valence-electron chi connectivity index (χ2n) is 6.93. The second-order valence-corrected chi connectivity index (χ2v) is 6.93. The number of carbonyl (C=O) groups is 1. The molecular formula is C19H23N3O2. The van der Waals surface area contributed by atoms with Gasteiger partial charge in [0.15, 0.2) is 0 Å². The minimum Gasteiger partial charge on any atom is -0.387 e. The Kier molecular flexibility index (Phi) is 5.10. The molecule has 5 nitrogen and oxygen atoms in total. The van der Waals surface area contributed by atoms with Crippen LogP contribution in [0.1, 0.15) is 54.1 Å². The number of hydrogen-bond donors (Lipinski definition) is 2. The normalized spacial score (nSPS) is 12.5. The molecule has 126 valence electrons. The molecular weight excluding hydrogens is 302 g/mol. The van der Waals surface area contributed by atoms with Gasteiger partial charge < -0.3 is 15.0 Å². The molecule has 0 spiro atoms. The molecule has 0 saturated carbocycles. The number of benzene rings is 1. The highest BCUT2D eigenvalue weighted by atomic mass is 16.3. The van der Waals surface area contributed by atoms with Crippen LogP contribution in [0.4, 0.5) is 0 Å². The van der Waals surface area contributed by atoms with Crippen molar-refractivity contribution in [2.24, 2.45) is 7.05 Å². The van der Waals surface area contributed by atoms with Gasteiger partial charge in [0, 0.05) is 19.8 Å². The third-order valence-electron chi connectivity index (χ3n) is 3.98. The van der Waals surface area contributed by atoms with Crippen molar-refractivity contribution in [2.45, 2.75) is 32.3 Å². The molecule has 0 aliphatic carbocycles. The number of amides is 1. The van der Waals surface area contributed by atoms with E-state index in [1.165, 1.54) is 11.6 Å². The molecule has 1 aromatic carbocycles. The van der Waals surface area contributed by atoms with Crippen LogP contribution in [-0.2, 0) is 12.5 Å². The molecule has 0 aliphatic heterocycles. The lowest BCUT2D eigenvalue weighted by atomic mass is 9.86. The predicted molar refractivity (Wildman–Crippen MR) is 92.6 cm³/mol. The Morgan fingerprint density at radius 2 is 1.96 bits per heavy atom. The summed E-state index contributed by atoms with van der Waals surface area (Å²) in [6.45, 7) is 6.51. The van der Waals surface area contributed by atoms with Gasteiger partial charge >= 0.3 is 0 Å². The highest BCUT2D eigenvalue weighted by Gasteiger charge is 2.16. The molecule has 24 heavy (non-hydrogen) atoms. The molecule has 2 aromatic rings. The average Bonchev–Trinajstić information content (AvgIpc) is 2.92. The number of rotatable bonds is 4. The Morgan fingerprint density at radius 3 is 2.46 bits per heavy atom. The number of nitrogens with one attached hydrogen (secondary N) is 1. The van der Waals surface area contributed by atoms with Gasteiger partial charge in [-0.05, 0) is 22.6 Å². The van der Waals surface area contributed by atoms with E-state index in [0.29, 0.717) is 11.3 Å². The summed E-state index contributed by atoms with van der Waals surface area (Å²) >= 11 is 0. The lowest BCUT2D eigenvalue weighted by molar-refractivity contribution is 0.0908. The van der Waals surface area contributed by atoms with E-state index in [4.69, 9.17) is 5.26 Å². The van der Waals surface area contributed by atoms with E-state index in [-0.39, 0.29) is 17.9 Å². The summed E-state index contributed by atoms with van der Waals surface area (Å²) in [5, 5.41) is 21.8. The summed E-state index contributed by atoms with van der Waals surface area (Å²) in [5.41, 5.74) is 2.83. The molecule has 2 rings (SSSR count). The van der Waals surface area contributed by atoms with Crippen molar-refractivity contribution in [1.82, 2.24) is 9.88 Å². The number of hydrogen-bond acceptors (Lipinski definition) is 3. The summed E-state index contributed by atoms with van der Waals surface area (Å²) in [7, 11) is 1.71. The van der Waals surface area contributed by atoms with Gasteiger partial charge in [-0.25, -0.2) is 0 Å². The summed E-state index contributed by atoms with van der Waals surface area (Å²) in [5.74, 6) is -0.315. The molecule has 0 fully saturated rings. The van der Waals surface area contributed by atoms with Crippen LogP contribution in [0.2, 0.25) is 0 Å². The van der Waals surface area contributed by atoms with Crippen LogP contribution < -0.4 is 5.32 Å². The average molecular weight is 325 g/mol. The summed E-state index contributed by atoms with van der Waals surface area (Å²) in [6.07, 6.45) is 0.815. The first-order valence-corrected chi connectivity index (χ1v) is 7.85. The fourth-order valence-electron chi connectivity index (χ4n) is 2.45. The quantitative estimate of drug-likeness (QED) is 0.907. The predicted octanol–water partition coefficient (Wildman–Crippen LogP) is 2.66. The van der Waals surface area contributed by atoms with Gasteiger partial charge in [0.1, 0.15) is 11.8 Å². The smallest absolute Gasteiger partial charge is 0.268 e. The van der Waals surface area contributed by atoms with Crippen LogP contribution in [0.3, 0.4) is 0 Å². The number of nitriles is 1. The first-order valence-electron chi connectivity index (χ1n) is 7.85. The molecule has 2 N–H and O–H groups in total. The molecule has 1 aromatic heterocycles. The monoisotopic (exact) mass is 325 g/mol. The van der Waals surface area contributed by atoms with Gasteiger partial charge in [0.2, 0.25) is 0 Å². The lowest BCUT2D eigenvalue weighted by Crippen LogP contribution is -2.29. The van der Waals surface area contributed by atoms with E-state index in [1.54, 1.807) is 17.8 Å². The topological polar surface area (TPSA) is 78.0 Å². The molecule has 1 unspecified atom stereocenters. The Bertz CT molecular complexity index is 761. The van der Waals surface area contributed by atoms with Gasteiger partial charge in [-0.1, -0.05) is 45.0 Å². The number of aliphatic hydroxyl groups is 1.